The van der Waals surface area contributed by atoms with Gasteiger partial charge in [-0.3, -0.25) is 4.79 Å². The molecule has 3 aliphatic rings. The molecule has 3 fully saturated rings. The molecule has 1 amide bonds. The zero-order chi connectivity index (χ0) is 18.1. The van der Waals surface area contributed by atoms with E-state index in [2.05, 4.69) is 0 Å². The molecule has 1 unspecified atom stereocenters. The minimum atomic E-state index is -3.31. The van der Waals surface area contributed by atoms with Gasteiger partial charge >= 0.3 is 0 Å². The third kappa shape index (κ3) is 3.55. The van der Waals surface area contributed by atoms with Crippen molar-refractivity contribution in [3.8, 4) is 0 Å². The van der Waals surface area contributed by atoms with E-state index >= 15 is 0 Å². The minimum absolute atomic E-state index is 0.105. The highest BCUT2D eigenvalue weighted by atomic mass is 32.2. The first-order valence-electron chi connectivity index (χ1n) is 9.77. The van der Waals surface area contributed by atoms with Crippen LogP contribution in [0, 0.1) is 0 Å². The Morgan fingerprint density at radius 3 is 2.23 bits per heavy atom. The molecule has 2 bridgehead atoms. The number of nitrogens with zero attached hydrogens (tertiary/aromatic N) is 1. The number of amides is 1. The first-order valence-corrected chi connectivity index (χ1v) is 12.4. The lowest BCUT2D eigenvalue weighted by atomic mass is 10.0. The second-order valence-corrected chi connectivity index (χ2v) is 11.4. The molecule has 2 heterocycles. The largest absolute Gasteiger partial charge is 0.336 e. The van der Waals surface area contributed by atoms with E-state index in [1.807, 2.05) is 22.7 Å². The number of piperidine rings is 1. The van der Waals surface area contributed by atoms with Crippen molar-refractivity contribution in [3.63, 3.8) is 0 Å². The average Bonchev–Trinajstić information content (AvgIpc) is 3.26. The van der Waals surface area contributed by atoms with Crippen molar-refractivity contribution >= 4 is 27.5 Å². The van der Waals surface area contributed by atoms with Gasteiger partial charge in [-0.2, -0.15) is 0 Å². The zero-order valence-corrected chi connectivity index (χ0v) is 16.7. The molecule has 2 saturated heterocycles. The Labute approximate surface area is 160 Å². The Morgan fingerprint density at radius 2 is 1.62 bits per heavy atom. The highest BCUT2D eigenvalue weighted by molar-refractivity contribution is 8.00. The van der Waals surface area contributed by atoms with Crippen molar-refractivity contribution < 1.29 is 13.2 Å². The number of carbonyl (C=O) groups excluding carboxylic acids is 1. The van der Waals surface area contributed by atoms with Gasteiger partial charge in [0.15, 0.2) is 9.84 Å². The summed E-state index contributed by atoms with van der Waals surface area (Å²) in [6, 6.07) is 8.98. The summed E-state index contributed by atoms with van der Waals surface area (Å²) in [5.74, 6) is 0.790. The number of thioether (sulfide) groups is 1. The van der Waals surface area contributed by atoms with Crippen LogP contribution in [0.15, 0.2) is 35.2 Å². The molecular formula is C20H27NO3S2. The molecule has 4 rings (SSSR count). The van der Waals surface area contributed by atoms with E-state index in [-0.39, 0.29) is 23.2 Å². The van der Waals surface area contributed by atoms with Crippen molar-refractivity contribution in [1.29, 1.82) is 0 Å². The van der Waals surface area contributed by atoms with E-state index in [4.69, 9.17) is 0 Å². The van der Waals surface area contributed by atoms with Gasteiger partial charge in [-0.05, 0) is 50.7 Å². The van der Waals surface area contributed by atoms with Crippen LogP contribution >= 0.6 is 11.8 Å². The highest BCUT2D eigenvalue weighted by Crippen LogP contribution is 2.40. The molecule has 1 aromatic rings. The van der Waals surface area contributed by atoms with Gasteiger partial charge in [0.2, 0.25) is 5.91 Å². The number of fused-ring (bicyclic) bond motifs is 2. The first-order chi connectivity index (χ1) is 12.6. The van der Waals surface area contributed by atoms with Crippen LogP contribution in [-0.4, -0.2) is 47.6 Å². The van der Waals surface area contributed by atoms with Crippen molar-refractivity contribution in [1.82, 2.24) is 4.90 Å². The maximum atomic E-state index is 13.0. The zero-order valence-electron chi connectivity index (χ0n) is 15.0. The molecule has 0 N–H and O–H groups in total. The van der Waals surface area contributed by atoms with Gasteiger partial charge in [0, 0.05) is 17.3 Å². The number of hydrogen-bond donors (Lipinski definition) is 0. The Hall–Kier alpha value is -1.01. The fraction of sp³-hybridized carbons (Fsp3) is 0.650. The van der Waals surface area contributed by atoms with E-state index in [9.17, 15) is 13.2 Å². The number of sulfone groups is 1. The summed E-state index contributed by atoms with van der Waals surface area (Å²) in [6.07, 6.45) is 8.14. The average molecular weight is 394 g/mol. The van der Waals surface area contributed by atoms with Gasteiger partial charge in [-0.1, -0.05) is 31.0 Å². The normalized spacial score (nSPS) is 29.2. The molecule has 1 aromatic carbocycles. The van der Waals surface area contributed by atoms with Gasteiger partial charge in [-0.25, -0.2) is 8.42 Å². The Balaban J connectivity index is 1.41. The predicted molar refractivity (Wildman–Crippen MR) is 105 cm³/mol. The Bertz CT molecular complexity index is 730. The minimum Gasteiger partial charge on any atom is -0.336 e. The molecule has 0 radical (unpaired) electrons. The first kappa shape index (κ1) is 18.4. The summed E-state index contributed by atoms with van der Waals surface area (Å²) >= 11 is 1.81. The maximum absolute atomic E-state index is 13.0. The molecule has 1 aliphatic carbocycles. The van der Waals surface area contributed by atoms with Crippen molar-refractivity contribution in [2.24, 2.45) is 0 Å². The quantitative estimate of drug-likeness (QED) is 0.766. The Kier molecular flexibility index (Phi) is 5.33. The van der Waals surface area contributed by atoms with Gasteiger partial charge in [-0.15, -0.1) is 11.8 Å². The molecule has 2 aliphatic heterocycles. The van der Waals surface area contributed by atoms with Gasteiger partial charge < -0.3 is 4.90 Å². The summed E-state index contributed by atoms with van der Waals surface area (Å²) in [6.45, 7) is 0. The highest BCUT2D eigenvalue weighted by Gasteiger charge is 2.47. The number of carbonyl (C=O) groups is 1. The molecule has 4 nitrogen and oxygen atoms in total. The third-order valence-corrected chi connectivity index (χ3v) is 9.78. The van der Waals surface area contributed by atoms with Crippen molar-refractivity contribution in [2.45, 2.75) is 78.8 Å². The lowest BCUT2D eigenvalue weighted by molar-refractivity contribution is -0.132. The monoisotopic (exact) mass is 393 g/mol. The molecule has 6 heteroatoms. The second-order valence-electron chi connectivity index (χ2n) is 7.85. The Morgan fingerprint density at radius 1 is 1.00 bits per heavy atom. The third-order valence-electron chi connectivity index (χ3n) is 6.23. The summed E-state index contributed by atoms with van der Waals surface area (Å²) in [5, 5.41) is 0.293. The number of hydrogen-bond acceptors (Lipinski definition) is 4. The standard InChI is InChI=1S/C20H27NO3S2/c22-20(14-25-17-6-4-5-7-17)21-15-10-11-16(21)13-19(12-15)26(23,24)18-8-2-1-3-9-18/h1-3,8-9,15-17,19H,4-7,10-14H2/t15-,16+,19?. The van der Waals surface area contributed by atoms with Crippen molar-refractivity contribution in [3.05, 3.63) is 30.3 Å². The van der Waals surface area contributed by atoms with Crippen LogP contribution in [0.1, 0.15) is 51.4 Å². The molecule has 0 aromatic heterocycles. The predicted octanol–water partition coefficient (Wildman–Crippen LogP) is 3.66. The van der Waals surface area contributed by atoms with E-state index in [1.54, 1.807) is 24.3 Å². The van der Waals surface area contributed by atoms with E-state index in [0.29, 0.717) is 28.7 Å². The van der Waals surface area contributed by atoms with Gasteiger partial charge in [0.05, 0.1) is 15.9 Å². The van der Waals surface area contributed by atoms with Crippen LogP contribution in [0.2, 0.25) is 0 Å². The molecular weight excluding hydrogens is 366 g/mol. The molecule has 0 spiro atoms. The van der Waals surface area contributed by atoms with Crippen LogP contribution in [0.5, 0.6) is 0 Å². The molecule has 1 saturated carbocycles. The van der Waals surface area contributed by atoms with Gasteiger partial charge in [0.1, 0.15) is 0 Å². The van der Waals surface area contributed by atoms with E-state index in [1.165, 1.54) is 25.7 Å². The van der Waals surface area contributed by atoms with Crippen LogP contribution < -0.4 is 0 Å². The lowest BCUT2D eigenvalue weighted by Crippen LogP contribution is -2.50. The number of benzene rings is 1. The molecule has 26 heavy (non-hydrogen) atoms. The van der Waals surface area contributed by atoms with Crippen LogP contribution in [-0.2, 0) is 14.6 Å². The fourth-order valence-corrected chi connectivity index (χ4v) is 7.98. The van der Waals surface area contributed by atoms with Crippen LogP contribution in [0.3, 0.4) is 0 Å². The van der Waals surface area contributed by atoms with Crippen LogP contribution in [0.25, 0.3) is 0 Å². The molecule has 142 valence electrons. The lowest BCUT2D eigenvalue weighted by Gasteiger charge is -2.38. The second kappa shape index (κ2) is 7.55. The summed E-state index contributed by atoms with van der Waals surface area (Å²) in [4.78, 5) is 15.3. The maximum Gasteiger partial charge on any atom is 0.233 e. The SMILES string of the molecule is O=C(CSC1CCCC1)N1[C@@H]2CC[C@H]1CC(S(=O)(=O)c1ccccc1)C2. The molecule has 3 atom stereocenters. The topological polar surface area (TPSA) is 54.5 Å². The van der Waals surface area contributed by atoms with Crippen molar-refractivity contribution in [2.75, 3.05) is 5.75 Å². The number of rotatable bonds is 5. The summed E-state index contributed by atoms with van der Waals surface area (Å²) < 4.78 is 25.9. The smallest absolute Gasteiger partial charge is 0.233 e. The fourth-order valence-electron chi connectivity index (χ4n) is 4.91. The van der Waals surface area contributed by atoms with Gasteiger partial charge in [0.25, 0.3) is 0 Å². The van der Waals surface area contributed by atoms with E-state index < -0.39 is 9.84 Å². The van der Waals surface area contributed by atoms with Crippen LogP contribution in [0.4, 0.5) is 0 Å². The summed E-state index contributed by atoms with van der Waals surface area (Å²) in [7, 11) is -3.31. The summed E-state index contributed by atoms with van der Waals surface area (Å²) in [5.41, 5.74) is 0. The van der Waals surface area contributed by atoms with E-state index in [0.717, 1.165) is 12.8 Å².